The van der Waals surface area contributed by atoms with Crippen molar-refractivity contribution in [2.45, 2.75) is 26.9 Å². The molecule has 0 fully saturated rings. The van der Waals surface area contributed by atoms with Gasteiger partial charge >= 0.3 is 26.2 Å². The Morgan fingerprint density at radius 2 is 0.783 bits per heavy atom. The van der Waals surface area contributed by atoms with Crippen LogP contribution in [0.3, 0.4) is 0 Å². The van der Waals surface area contributed by atoms with Crippen molar-refractivity contribution >= 4 is 61.5 Å². The molecule has 0 heterocycles. The topological polar surface area (TPSA) is 0 Å². The van der Waals surface area contributed by atoms with Gasteiger partial charge in [0, 0.05) is 8.07 Å². The van der Waals surface area contributed by atoms with Gasteiger partial charge in [-0.3, -0.25) is 0 Å². The molecule has 0 aliphatic rings. The second-order valence-corrected chi connectivity index (χ2v) is 16.9. The quantitative estimate of drug-likeness (QED) is 0.128. The van der Waals surface area contributed by atoms with Gasteiger partial charge in [-0.15, -0.1) is 69.1 Å². The summed E-state index contributed by atoms with van der Waals surface area (Å²) >= 11 is 0. The van der Waals surface area contributed by atoms with E-state index < -0.39 is 8.07 Å². The van der Waals surface area contributed by atoms with Gasteiger partial charge in [0.2, 0.25) is 0 Å². The van der Waals surface area contributed by atoms with Crippen molar-refractivity contribution in [2.75, 3.05) is 0 Å². The summed E-state index contributed by atoms with van der Waals surface area (Å²) in [6.07, 6.45) is 0. The summed E-state index contributed by atoms with van der Waals surface area (Å²) in [5.41, 5.74) is 8.16. The van der Waals surface area contributed by atoms with Crippen LogP contribution in [0.5, 0.6) is 0 Å². The number of hydrogen-bond acceptors (Lipinski definition) is 0. The molecule has 0 N–H and O–H groups in total. The van der Waals surface area contributed by atoms with Gasteiger partial charge in [-0.05, 0) is 32.7 Å². The molecule has 0 aliphatic heterocycles. The second kappa shape index (κ2) is 12.7. The minimum atomic E-state index is -2.23. The Morgan fingerprint density at radius 1 is 0.435 bits per heavy atom. The Morgan fingerprint density at radius 3 is 1.22 bits per heavy atom. The average molecular weight is 688 g/mol. The van der Waals surface area contributed by atoms with Crippen LogP contribution in [0.4, 0.5) is 0 Å². The van der Waals surface area contributed by atoms with Crippen LogP contribution in [0.1, 0.15) is 11.1 Å². The molecule has 0 atom stereocenters. The van der Waals surface area contributed by atoms with Crippen LogP contribution in [-0.2, 0) is 26.2 Å². The van der Waals surface area contributed by atoms with E-state index in [1.807, 2.05) is 0 Å². The van der Waals surface area contributed by atoms with E-state index in [-0.39, 0.29) is 41.1 Å². The van der Waals surface area contributed by atoms with Gasteiger partial charge in [-0.2, -0.15) is 10.4 Å². The van der Waals surface area contributed by atoms with Crippen molar-refractivity contribution in [3.8, 4) is 22.3 Å². The summed E-state index contributed by atoms with van der Waals surface area (Å²) in [7, 11) is -2.23. The van der Waals surface area contributed by atoms with E-state index in [4.69, 9.17) is 0 Å². The average Bonchev–Trinajstić information content (AvgIpc) is 3.56. The molecule has 8 aromatic rings. The van der Waals surface area contributed by atoms with Crippen molar-refractivity contribution in [3.63, 3.8) is 0 Å². The zero-order chi connectivity index (χ0) is 29.3. The molecule has 0 aromatic heterocycles. The number of fused-ring (bicyclic) bond motifs is 4. The Kier molecular flexibility index (Phi) is 9.29. The van der Waals surface area contributed by atoms with E-state index in [9.17, 15) is 0 Å². The summed E-state index contributed by atoms with van der Waals surface area (Å²) in [6.45, 7) is 9.83. The molecular weight excluding hydrogens is 648 g/mol. The van der Waals surface area contributed by atoms with Crippen molar-refractivity contribution in [1.29, 1.82) is 0 Å². The molecule has 224 valence electrons. The normalized spacial score (nSPS) is 11.4. The Labute approximate surface area is 294 Å². The predicted molar refractivity (Wildman–Crippen MR) is 204 cm³/mol. The third kappa shape index (κ3) is 5.07. The standard InChI is InChI=1S/C42H34Si.2CH3.Zr/c1-27-25-31-17-11-23-37(35-21-9-15-29-13-5-7-19-33(29)35)39(31)41(27)43(3,4)42-28(2)26-32-18-12-24-38(40(32)42)36-22-10-16-30-14-6-8-20-34(30)36;;;/h5-26H,1-4H3;2*1H3;/q-2;2*-1;+4. The summed E-state index contributed by atoms with van der Waals surface area (Å²) in [6, 6.07) is 49.7. The first kappa shape index (κ1) is 33.5. The maximum atomic E-state index is 2.58. The maximum absolute atomic E-state index is 2.58. The van der Waals surface area contributed by atoms with Crippen LogP contribution in [0.15, 0.2) is 133 Å². The van der Waals surface area contributed by atoms with Crippen molar-refractivity contribution < 1.29 is 26.2 Å². The Hall–Kier alpha value is -3.84. The van der Waals surface area contributed by atoms with Crippen molar-refractivity contribution in [2.24, 2.45) is 0 Å². The maximum Gasteiger partial charge on any atom is 4.00 e. The number of benzene rings is 6. The molecule has 2 heteroatoms. The van der Waals surface area contributed by atoms with E-state index in [0.29, 0.717) is 0 Å². The molecule has 0 radical (unpaired) electrons. The molecule has 46 heavy (non-hydrogen) atoms. The van der Waals surface area contributed by atoms with Gasteiger partial charge in [0.05, 0.1) is 0 Å². The fourth-order valence-electron chi connectivity index (χ4n) is 8.05. The first-order valence-corrected chi connectivity index (χ1v) is 18.3. The molecular formula is C44H40SiZr. The molecule has 8 aromatic carbocycles. The second-order valence-electron chi connectivity index (χ2n) is 12.6. The summed E-state index contributed by atoms with van der Waals surface area (Å²) < 4.78 is 0. The van der Waals surface area contributed by atoms with Gasteiger partial charge in [0.15, 0.2) is 0 Å². The van der Waals surface area contributed by atoms with Gasteiger partial charge in [0.1, 0.15) is 0 Å². The van der Waals surface area contributed by atoms with Crippen LogP contribution < -0.4 is 10.4 Å². The monoisotopic (exact) mass is 686 g/mol. The first-order chi connectivity index (χ1) is 20.9. The van der Waals surface area contributed by atoms with Gasteiger partial charge < -0.3 is 14.9 Å². The van der Waals surface area contributed by atoms with E-state index in [0.717, 1.165) is 0 Å². The Bertz CT molecular complexity index is 2170. The van der Waals surface area contributed by atoms with Crippen molar-refractivity contribution in [3.05, 3.63) is 159 Å². The van der Waals surface area contributed by atoms with Crippen LogP contribution >= 0.6 is 0 Å². The smallest absolute Gasteiger partial charge is 0.358 e. The molecule has 0 aliphatic carbocycles. The minimum Gasteiger partial charge on any atom is -0.358 e. The SMILES string of the molecule is Cc1[cH-]c2cccc(-c3cccc4ccccc34)c2c1[Si](C)(C)c1c(C)[cH-]c2cccc(-c3cccc4ccccc34)c12.[CH3-].[CH3-].[Zr+4]. The van der Waals surface area contributed by atoms with Crippen LogP contribution in [-0.4, -0.2) is 8.07 Å². The molecule has 0 amide bonds. The van der Waals surface area contributed by atoms with Crippen LogP contribution in [0.2, 0.25) is 13.1 Å². The molecule has 0 saturated carbocycles. The number of hydrogen-bond donors (Lipinski definition) is 0. The third-order valence-corrected chi connectivity index (χ3v) is 13.4. The summed E-state index contributed by atoms with van der Waals surface area (Å²) in [5, 5.41) is 13.9. The first-order valence-electron chi connectivity index (χ1n) is 15.3. The molecule has 0 saturated heterocycles. The van der Waals surface area contributed by atoms with Crippen LogP contribution in [0.25, 0.3) is 65.3 Å². The molecule has 0 unspecified atom stereocenters. The van der Waals surface area contributed by atoms with E-state index in [1.54, 1.807) is 10.4 Å². The zero-order valence-electron chi connectivity index (χ0n) is 27.7. The number of aryl methyl sites for hydroxylation is 2. The summed E-state index contributed by atoms with van der Waals surface area (Å²) in [5.74, 6) is 0. The predicted octanol–water partition coefficient (Wildman–Crippen LogP) is 11.4. The van der Waals surface area contributed by atoms with Crippen LogP contribution in [0, 0.1) is 28.7 Å². The Balaban J connectivity index is 0.00000139. The molecule has 8 rings (SSSR count). The molecule has 0 nitrogen and oxygen atoms in total. The largest absolute Gasteiger partial charge is 4.00 e. The van der Waals surface area contributed by atoms with Gasteiger partial charge in [-0.1, -0.05) is 135 Å². The number of rotatable bonds is 4. The fourth-order valence-corrected chi connectivity index (χ4v) is 12.2. The van der Waals surface area contributed by atoms with E-state index in [1.165, 1.54) is 76.5 Å². The molecule has 0 spiro atoms. The molecule has 0 bridgehead atoms. The van der Waals surface area contributed by atoms with E-state index in [2.05, 4.69) is 160 Å². The van der Waals surface area contributed by atoms with Crippen molar-refractivity contribution in [1.82, 2.24) is 0 Å². The zero-order valence-corrected chi connectivity index (χ0v) is 31.2. The minimum absolute atomic E-state index is 0. The third-order valence-electron chi connectivity index (χ3n) is 9.64. The van der Waals surface area contributed by atoms with Gasteiger partial charge in [-0.25, -0.2) is 0 Å². The fraction of sp³-hybridized carbons (Fsp3) is 0.0909. The van der Waals surface area contributed by atoms with Gasteiger partial charge in [0.25, 0.3) is 0 Å². The van der Waals surface area contributed by atoms with E-state index >= 15 is 0 Å². The summed E-state index contributed by atoms with van der Waals surface area (Å²) in [4.78, 5) is 0.